The fraction of sp³-hybridized carbons (Fsp3) is 0.875. The molecule has 0 amide bonds. The minimum atomic E-state index is -0.781. The van der Waals surface area contributed by atoms with Crippen LogP contribution in [0.2, 0.25) is 0 Å². The lowest BCUT2D eigenvalue weighted by molar-refractivity contribution is -0.0886. The normalized spacial score (nSPS) is 20.5. The summed E-state index contributed by atoms with van der Waals surface area (Å²) < 4.78 is 21.2. The Hall–Kier alpha value is -1.39. The van der Waals surface area contributed by atoms with Gasteiger partial charge in [0.05, 0.1) is 7.11 Å². The van der Waals surface area contributed by atoms with Gasteiger partial charge >= 0.3 is 6.16 Å². The van der Waals surface area contributed by atoms with Crippen molar-refractivity contribution in [2.75, 3.05) is 13.7 Å². The van der Waals surface area contributed by atoms with E-state index in [0.29, 0.717) is 18.9 Å². The summed E-state index contributed by atoms with van der Waals surface area (Å²) in [4.78, 5) is 11.7. The molecule has 4 unspecified atom stereocenters. The average molecular weight is 413 g/mol. The van der Waals surface area contributed by atoms with Crippen molar-refractivity contribution in [3.8, 4) is 0 Å². The molecule has 1 fully saturated rings. The summed E-state index contributed by atoms with van der Waals surface area (Å²) in [5.74, 6) is 2.59. The first kappa shape index (κ1) is 25.6. The van der Waals surface area contributed by atoms with Gasteiger partial charge in [0.15, 0.2) is 11.7 Å². The molecule has 4 atom stereocenters. The van der Waals surface area contributed by atoms with Crippen LogP contribution in [0.3, 0.4) is 0 Å². The van der Waals surface area contributed by atoms with E-state index in [4.69, 9.17) is 18.9 Å². The van der Waals surface area contributed by atoms with E-state index in [1.165, 1.54) is 45.6 Å². The number of hydrogen-bond acceptors (Lipinski definition) is 5. The van der Waals surface area contributed by atoms with E-state index in [-0.39, 0.29) is 12.0 Å². The van der Waals surface area contributed by atoms with Gasteiger partial charge in [0.25, 0.3) is 5.95 Å². The molecule has 0 spiro atoms. The van der Waals surface area contributed by atoms with E-state index in [2.05, 4.69) is 34.3 Å². The molecule has 0 radical (unpaired) electrons. The predicted octanol–water partition coefficient (Wildman–Crippen LogP) is 6.85. The zero-order chi connectivity index (χ0) is 21.9. The Bertz CT molecular complexity index is 490. The summed E-state index contributed by atoms with van der Waals surface area (Å²) in [6.07, 6.45) is 9.65. The van der Waals surface area contributed by atoms with Crippen molar-refractivity contribution in [3.63, 3.8) is 0 Å². The molecule has 0 aromatic rings. The van der Waals surface area contributed by atoms with E-state index >= 15 is 0 Å². The fourth-order valence-corrected chi connectivity index (χ4v) is 3.99. The van der Waals surface area contributed by atoms with Gasteiger partial charge in [-0.1, -0.05) is 72.6 Å². The minimum absolute atomic E-state index is 0.283. The van der Waals surface area contributed by atoms with E-state index < -0.39 is 11.8 Å². The molecule has 29 heavy (non-hydrogen) atoms. The molecule has 170 valence electrons. The Kier molecular flexibility index (Phi) is 11.5. The largest absolute Gasteiger partial charge is 0.508 e. The average Bonchev–Trinajstić information content (AvgIpc) is 3.08. The lowest BCUT2D eigenvalue weighted by atomic mass is 9.88. The van der Waals surface area contributed by atoms with Gasteiger partial charge in [0.1, 0.15) is 6.61 Å². The molecule has 1 aliphatic heterocycles. The second kappa shape index (κ2) is 13.0. The molecule has 1 heterocycles. The Morgan fingerprint density at radius 1 is 1.07 bits per heavy atom. The van der Waals surface area contributed by atoms with Gasteiger partial charge < -0.3 is 18.9 Å². The number of methoxy groups -OCH3 is 1. The second-order valence-corrected chi connectivity index (χ2v) is 9.52. The van der Waals surface area contributed by atoms with Gasteiger partial charge in [-0.05, 0) is 44.1 Å². The van der Waals surface area contributed by atoms with Crippen LogP contribution in [0.25, 0.3) is 0 Å². The van der Waals surface area contributed by atoms with Gasteiger partial charge in [0.2, 0.25) is 0 Å². The Balaban J connectivity index is 2.32. The maximum absolute atomic E-state index is 11.7. The maximum Gasteiger partial charge on any atom is 0.508 e. The molecule has 0 aromatic carbocycles. The SMILES string of the molecule is C=C1OCC(C(C)(CCCC(C)CCCC(C)CCCC(C)C)OC(=O)OC)O1. The molecule has 5 nitrogen and oxygen atoms in total. The van der Waals surface area contributed by atoms with Crippen LogP contribution in [0.4, 0.5) is 4.79 Å². The third-order valence-corrected chi connectivity index (χ3v) is 6.08. The molecular formula is C24H44O5. The van der Waals surface area contributed by atoms with Crippen molar-refractivity contribution in [2.24, 2.45) is 17.8 Å². The van der Waals surface area contributed by atoms with Gasteiger partial charge in [0, 0.05) is 0 Å². The highest BCUT2D eigenvalue weighted by Crippen LogP contribution is 2.32. The highest BCUT2D eigenvalue weighted by molar-refractivity contribution is 5.60. The standard InChI is InChI=1S/C24H44O5/c1-18(2)11-8-12-19(3)13-9-14-20(4)15-10-16-24(6,29-23(25)26-7)22-17-27-21(5)28-22/h18-20,22H,5,8-17H2,1-4,6-7H3. The molecule has 1 aliphatic rings. The topological polar surface area (TPSA) is 54.0 Å². The zero-order valence-electron chi connectivity index (χ0n) is 19.6. The lowest BCUT2D eigenvalue weighted by Crippen LogP contribution is -2.45. The van der Waals surface area contributed by atoms with E-state index in [1.54, 1.807) is 0 Å². The summed E-state index contributed by atoms with van der Waals surface area (Å²) in [7, 11) is 1.32. The highest BCUT2D eigenvalue weighted by atomic mass is 16.8. The van der Waals surface area contributed by atoms with Gasteiger partial charge in [-0.3, -0.25) is 0 Å². The van der Waals surface area contributed by atoms with Crippen LogP contribution < -0.4 is 0 Å². The third-order valence-electron chi connectivity index (χ3n) is 6.08. The number of hydrogen-bond donors (Lipinski definition) is 0. The Labute approximate surface area is 178 Å². The Morgan fingerprint density at radius 2 is 1.62 bits per heavy atom. The number of carbonyl (C=O) groups excluding carboxylic acids is 1. The van der Waals surface area contributed by atoms with Gasteiger partial charge in [-0.2, -0.15) is 0 Å². The van der Waals surface area contributed by atoms with Crippen molar-refractivity contribution in [2.45, 2.75) is 104 Å². The van der Waals surface area contributed by atoms with Crippen LogP contribution in [0, 0.1) is 17.8 Å². The van der Waals surface area contributed by atoms with Crippen LogP contribution in [0.15, 0.2) is 12.5 Å². The zero-order valence-corrected chi connectivity index (χ0v) is 19.6. The molecule has 1 saturated heterocycles. The molecular weight excluding hydrogens is 368 g/mol. The summed E-state index contributed by atoms with van der Waals surface area (Å²) >= 11 is 0. The number of rotatable bonds is 14. The molecule has 0 saturated carbocycles. The third kappa shape index (κ3) is 10.3. The smallest absolute Gasteiger partial charge is 0.462 e. The monoisotopic (exact) mass is 412 g/mol. The molecule has 1 rings (SSSR count). The first-order valence-corrected chi connectivity index (χ1v) is 11.4. The lowest BCUT2D eigenvalue weighted by Gasteiger charge is -2.32. The van der Waals surface area contributed by atoms with Gasteiger partial charge in [-0.15, -0.1) is 0 Å². The summed E-state index contributed by atoms with van der Waals surface area (Å²) in [5.41, 5.74) is -0.781. The van der Waals surface area contributed by atoms with Crippen molar-refractivity contribution < 1.29 is 23.7 Å². The summed E-state index contributed by atoms with van der Waals surface area (Å²) in [6, 6.07) is 0. The minimum Gasteiger partial charge on any atom is -0.462 e. The first-order valence-electron chi connectivity index (χ1n) is 11.4. The predicted molar refractivity (Wildman–Crippen MR) is 117 cm³/mol. The van der Waals surface area contributed by atoms with E-state index in [1.807, 2.05) is 6.92 Å². The molecule has 5 heteroatoms. The van der Waals surface area contributed by atoms with E-state index in [0.717, 1.165) is 24.7 Å². The second-order valence-electron chi connectivity index (χ2n) is 9.52. The van der Waals surface area contributed by atoms with Crippen LogP contribution in [-0.2, 0) is 18.9 Å². The van der Waals surface area contributed by atoms with Crippen LogP contribution in [-0.4, -0.2) is 31.6 Å². The van der Waals surface area contributed by atoms with E-state index in [9.17, 15) is 4.79 Å². The number of ether oxygens (including phenoxy) is 4. The van der Waals surface area contributed by atoms with Crippen molar-refractivity contribution in [1.29, 1.82) is 0 Å². The van der Waals surface area contributed by atoms with Crippen molar-refractivity contribution >= 4 is 6.16 Å². The first-order chi connectivity index (χ1) is 13.7. The molecule has 0 aliphatic carbocycles. The van der Waals surface area contributed by atoms with Crippen LogP contribution in [0.1, 0.15) is 92.4 Å². The molecule has 0 aromatic heterocycles. The number of carbonyl (C=O) groups is 1. The maximum atomic E-state index is 11.7. The Morgan fingerprint density at radius 3 is 2.10 bits per heavy atom. The quantitative estimate of drug-likeness (QED) is 0.292. The molecule has 0 bridgehead atoms. The van der Waals surface area contributed by atoms with Crippen LogP contribution >= 0.6 is 0 Å². The van der Waals surface area contributed by atoms with Crippen molar-refractivity contribution in [3.05, 3.63) is 12.5 Å². The molecule has 0 N–H and O–H groups in total. The van der Waals surface area contributed by atoms with Gasteiger partial charge in [-0.25, -0.2) is 4.79 Å². The summed E-state index contributed by atoms with van der Waals surface area (Å²) in [5, 5.41) is 0. The van der Waals surface area contributed by atoms with Crippen LogP contribution in [0.5, 0.6) is 0 Å². The fourth-order valence-electron chi connectivity index (χ4n) is 3.99. The van der Waals surface area contributed by atoms with Crippen molar-refractivity contribution in [1.82, 2.24) is 0 Å². The summed E-state index contributed by atoms with van der Waals surface area (Å²) in [6.45, 7) is 15.2. The highest BCUT2D eigenvalue weighted by Gasteiger charge is 2.43.